The van der Waals surface area contributed by atoms with Crippen molar-refractivity contribution in [2.75, 3.05) is 5.32 Å². The van der Waals surface area contributed by atoms with E-state index in [-0.39, 0.29) is 5.91 Å². The molecule has 0 unspecified atom stereocenters. The number of carbonyl (C=O) groups excluding carboxylic acids is 1. The molecule has 7 heteroatoms. The van der Waals surface area contributed by atoms with Crippen LogP contribution in [0.4, 0.5) is 5.13 Å². The van der Waals surface area contributed by atoms with Crippen LogP contribution in [0.2, 0.25) is 5.02 Å². The van der Waals surface area contributed by atoms with Crippen molar-refractivity contribution in [2.24, 2.45) is 0 Å². The van der Waals surface area contributed by atoms with E-state index in [1.165, 1.54) is 22.7 Å². The summed E-state index contributed by atoms with van der Waals surface area (Å²) in [6.07, 6.45) is 0. The van der Waals surface area contributed by atoms with Gasteiger partial charge in [0, 0.05) is 10.1 Å². The molecule has 0 saturated heterocycles. The second-order valence-corrected chi connectivity index (χ2v) is 5.70. The molecule has 90 valence electrons. The highest BCUT2D eigenvalue weighted by molar-refractivity contribution is 7.21. The number of benzene rings is 1. The maximum absolute atomic E-state index is 12.1. The van der Waals surface area contributed by atoms with Gasteiger partial charge < -0.3 is 0 Å². The highest BCUT2D eigenvalue weighted by atomic mass is 35.5. The molecule has 0 atom stereocenters. The highest BCUT2D eigenvalue weighted by Gasteiger charge is 2.17. The summed E-state index contributed by atoms with van der Waals surface area (Å²) in [7, 11) is 0. The first-order valence-corrected chi connectivity index (χ1v) is 7.07. The van der Waals surface area contributed by atoms with Gasteiger partial charge in [-0.3, -0.25) is 10.1 Å². The van der Waals surface area contributed by atoms with Crippen LogP contribution in [-0.2, 0) is 0 Å². The Morgan fingerprint density at radius 1 is 1.33 bits per heavy atom. The van der Waals surface area contributed by atoms with Gasteiger partial charge >= 0.3 is 0 Å². The van der Waals surface area contributed by atoms with E-state index in [9.17, 15) is 4.79 Å². The van der Waals surface area contributed by atoms with Crippen LogP contribution >= 0.6 is 34.3 Å². The molecule has 0 aliphatic rings. The SMILES string of the molecule is O=C(Nc1nncs1)c1sc2ccccc2c1Cl. The molecule has 18 heavy (non-hydrogen) atoms. The summed E-state index contributed by atoms with van der Waals surface area (Å²) in [4.78, 5) is 12.5. The summed E-state index contributed by atoms with van der Waals surface area (Å²) in [5, 5.41) is 11.9. The van der Waals surface area contributed by atoms with Crippen molar-refractivity contribution in [3.63, 3.8) is 0 Å². The number of nitrogens with zero attached hydrogens (tertiary/aromatic N) is 2. The Bertz CT molecular complexity index is 708. The third-order valence-corrected chi connectivity index (χ3v) is 4.60. The fraction of sp³-hybridized carbons (Fsp3) is 0. The topological polar surface area (TPSA) is 54.9 Å². The van der Waals surface area contributed by atoms with Crippen LogP contribution in [0.5, 0.6) is 0 Å². The van der Waals surface area contributed by atoms with Gasteiger partial charge in [0.15, 0.2) is 0 Å². The summed E-state index contributed by atoms with van der Waals surface area (Å²) in [6.45, 7) is 0. The molecular formula is C11H6ClN3OS2. The van der Waals surface area contributed by atoms with E-state index in [1.54, 1.807) is 5.51 Å². The molecule has 1 N–H and O–H groups in total. The van der Waals surface area contributed by atoms with E-state index in [0.29, 0.717) is 15.0 Å². The number of amides is 1. The number of rotatable bonds is 2. The molecule has 0 spiro atoms. The second-order valence-electron chi connectivity index (χ2n) is 3.44. The van der Waals surface area contributed by atoms with Crippen LogP contribution < -0.4 is 5.32 Å². The number of carbonyl (C=O) groups is 1. The average molecular weight is 296 g/mol. The largest absolute Gasteiger partial charge is 0.296 e. The summed E-state index contributed by atoms with van der Waals surface area (Å²) in [5.41, 5.74) is 1.56. The number of aromatic nitrogens is 2. The predicted octanol–water partition coefficient (Wildman–Crippen LogP) is 3.66. The van der Waals surface area contributed by atoms with Crippen molar-refractivity contribution in [1.82, 2.24) is 10.2 Å². The highest BCUT2D eigenvalue weighted by Crippen LogP contribution is 2.35. The minimum atomic E-state index is -0.252. The minimum Gasteiger partial charge on any atom is -0.296 e. The maximum Gasteiger partial charge on any atom is 0.269 e. The van der Waals surface area contributed by atoms with Crippen molar-refractivity contribution in [3.05, 3.63) is 39.7 Å². The van der Waals surface area contributed by atoms with E-state index < -0.39 is 0 Å². The van der Waals surface area contributed by atoms with E-state index in [0.717, 1.165) is 10.1 Å². The fourth-order valence-corrected chi connectivity index (χ4v) is 3.39. The molecule has 2 heterocycles. The zero-order chi connectivity index (χ0) is 12.5. The third kappa shape index (κ3) is 1.98. The fourth-order valence-electron chi connectivity index (χ4n) is 1.54. The van der Waals surface area contributed by atoms with Gasteiger partial charge in [0.1, 0.15) is 10.4 Å². The Balaban J connectivity index is 1.99. The Morgan fingerprint density at radius 3 is 2.89 bits per heavy atom. The minimum absolute atomic E-state index is 0.252. The first kappa shape index (κ1) is 11.6. The van der Waals surface area contributed by atoms with Crippen LogP contribution in [0, 0.1) is 0 Å². The molecule has 1 amide bonds. The maximum atomic E-state index is 12.1. The van der Waals surface area contributed by atoms with Gasteiger partial charge in [-0.2, -0.15) is 0 Å². The monoisotopic (exact) mass is 295 g/mol. The molecule has 3 aromatic rings. The average Bonchev–Trinajstić information content (AvgIpc) is 2.98. The number of halogens is 1. The van der Waals surface area contributed by atoms with Gasteiger partial charge in [0.05, 0.1) is 5.02 Å². The zero-order valence-corrected chi connectivity index (χ0v) is 11.3. The van der Waals surface area contributed by atoms with E-state index in [4.69, 9.17) is 11.6 Å². The van der Waals surface area contributed by atoms with Crippen molar-refractivity contribution in [1.29, 1.82) is 0 Å². The van der Waals surface area contributed by atoms with Crippen LogP contribution in [0.15, 0.2) is 29.8 Å². The molecule has 0 radical (unpaired) electrons. The molecular weight excluding hydrogens is 290 g/mol. The first-order chi connectivity index (χ1) is 8.75. The Hall–Kier alpha value is -1.50. The van der Waals surface area contributed by atoms with Gasteiger partial charge in [0.25, 0.3) is 5.91 Å². The van der Waals surface area contributed by atoms with Crippen LogP contribution in [0.25, 0.3) is 10.1 Å². The number of fused-ring (bicyclic) bond motifs is 1. The van der Waals surface area contributed by atoms with Crippen LogP contribution in [0.1, 0.15) is 9.67 Å². The second kappa shape index (κ2) is 4.64. The summed E-state index contributed by atoms with van der Waals surface area (Å²) < 4.78 is 0.991. The normalized spacial score (nSPS) is 10.7. The molecule has 4 nitrogen and oxygen atoms in total. The predicted molar refractivity (Wildman–Crippen MR) is 74.7 cm³/mol. The third-order valence-electron chi connectivity index (χ3n) is 2.32. The number of nitrogens with one attached hydrogen (secondary N) is 1. The standard InChI is InChI=1S/C11H6ClN3OS2/c12-8-6-3-1-2-4-7(6)18-9(8)10(16)14-11-15-13-5-17-11/h1-5H,(H,14,15,16). The van der Waals surface area contributed by atoms with E-state index in [1.807, 2.05) is 24.3 Å². The number of hydrogen-bond acceptors (Lipinski definition) is 5. The lowest BCUT2D eigenvalue weighted by atomic mass is 10.2. The lowest BCUT2D eigenvalue weighted by Gasteiger charge is -1.97. The molecule has 0 saturated carbocycles. The van der Waals surface area contributed by atoms with E-state index in [2.05, 4.69) is 15.5 Å². The molecule has 0 aliphatic heterocycles. The Kier molecular flexibility index (Phi) is 2.99. The van der Waals surface area contributed by atoms with Crippen LogP contribution in [0.3, 0.4) is 0 Å². The summed E-state index contributed by atoms with van der Waals surface area (Å²) >= 11 is 8.84. The zero-order valence-electron chi connectivity index (χ0n) is 8.88. The summed E-state index contributed by atoms with van der Waals surface area (Å²) in [6, 6.07) is 7.65. The van der Waals surface area contributed by atoms with Crippen molar-refractivity contribution >= 4 is 55.4 Å². The molecule has 0 aliphatic carbocycles. The van der Waals surface area contributed by atoms with E-state index >= 15 is 0 Å². The lowest BCUT2D eigenvalue weighted by molar-refractivity contribution is 0.103. The molecule has 0 bridgehead atoms. The summed E-state index contributed by atoms with van der Waals surface area (Å²) in [5.74, 6) is -0.252. The van der Waals surface area contributed by atoms with Gasteiger partial charge in [-0.05, 0) is 6.07 Å². The van der Waals surface area contributed by atoms with Gasteiger partial charge in [-0.1, -0.05) is 41.1 Å². The van der Waals surface area contributed by atoms with Crippen molar-refractivity contribution in [3.8, 4) is 0 Å². The quantitative estimate of drug-likeness (QED) is 0.785. The molecule has 2 aromatic heterocycles. The van der Waals surface area contributed by atoms with Gasteiger partial charge in [-0.15, -0.1) is 21.5 Å². The molecule has 1 aromatic carbocycles. The number of hydrogen-bond donors (Lipinski definition) is 1. The number of anilines is 1. The van der Waals surface area contributed by atoms with Crippen molar-refractivity contribution in [2.45, 2.75) is 0 Å². The van der Waals surface area contributed by atoms with Crippen molar-refractivity contribution < 1.29 is 4.79 Å². The molecule has 3 rings (SSSR count). The van der Waals surface area contributed by atoms with Gasteiger partial charge in [-0.25, -0.2) is 0 Å². The lowest BCUT2D eigenvalue weighted by Crippen LogP contribution is -2.10. The first-order valence-electron chi connectivity index (χ1n) is 5.00. The Labute approximate surface area is 115 Å². The Morgan fingerprint density at radius 2 is 2.17 bits per heavy atom. The number of thiophene rings is 1. The van der Waals surface area contributed by atoms with Gasteiger partial charge in [0.2, 0.25) is 5.13 Å². The smallest absolute Gasteiger partial charge is 0.269 e. The molecule has 0 fully saturated rings. The van der Waals surface area contributed by atoms with Crippen LogP contribution in [-0.4, -0.2) is 16.1 Å².